The minimum Gasteiger partial charge on any atom is -0.493 e. The molecule has 2 N–H and O–H groups in total. The molecule has 3 rings (SSSR count). The fourth-order valence-electron chi connectivity index (χ4n) is 3.36. The number of carbonyl (C=O) groups is 2. The van der Waals surface area contributed by atoms with Crippen LogP contribution in [-0.2, 0) is 9.59 Å². The van der Waals surface area contributed by atoms with E-state index in [0.717, 1.165) is 37.5 Å². The molecule has 1 saturated heterocycles. The van der Waals surface area contributed by atoms with Gasteiger partial charge in [-0.1, -0.05) is 36.4 Å². The van der Waals surface area contributed by atoms with Crippen LogP contribution in [0.25, 0.3) is 0 Å². The van der Waals surface area contributed by atoms with E-state index in [1.165, 1.54) is 5.69 Å². The molecule has 1 aliphatic heterocycles. The average Bonchev–Trinajstić information content (AvgIpc) is 2.78. The molecule has 2 amide bonds. The summed E-state index contributed by atoms with van der Waals surface area (Å²) in [6.07, 6.45) is 0.529. The lowest BCUT2D eigenvalue weighted by Gasteiger charge is -2.36. The lowest BCUT2D eigenvalue weighted by Crippen LogP contribution is -2.48. The van der Waals surface area contributed by atoms with E-state index in [9.17, 15) is 9.59 Å². The van der Waals surface area contributed by atoms with Gasteiger partial charge in [-0.15, -0.1) is 0 Å². The maximum Gasteiger partial charge on any atom is 0.241 e. The summed E-state index contributed by atoms with van der Waals surface area (Å²) in [5.74, 6) is 0.309. The molecule has 0 aromatic heterocycles. The zero-order chi connectivity index (χ0) is 21.2. The first-order valence-corrected chi connectivity index (χ1v) is 10.4. The summed E-state index contributed by atoms with van der Waals surface area (Å²) in [6.45, 7) is 6.64. The monoisotopic (exact) mass is 410 g/mol. The van der Waals surface area contributed by atoms with Crippen LogP contribution < -0.4 is 20.5 Å². The van der Waals surface area contributed by atoms with Crippen molar-refractivity contribution in [3.63, 3.8) is 0 Å². The Morgan fingerprint density at radius 1 is 0.867 bits per heavy atom. The van der Waals surface area contributed by atoms with Gasteiger partial charge in [-0.25, -0.2) is 0 Å². The average molecular weight is 411 g/mol. The number of nitrogens with zero attached hydrogens (tertiary/aromatic N) is 2. The Bertz CT molecular complexity index is 820. The number of para-hydroxylation sites is 2. The Hall–Kier alpha value is -3.06. The summed E-state index contributed by atoms with van der Waals surface area (Å²) in [5.41, 5.74) is 7.20. The summed E-state index contributed by atoms with van der Waals surface area (Å²) in [7, 11) is 0. The Labute approximate surface area is 178 Å². The number of piperazine rings is 1. The van der Waals surface area contributed by atoms with Crippen molar-refractivity contribution in [2.24, 2.45) is 0 Å². The number of hydrogen-bond donors (Lipinski definition) is 2. The zero-order valence-corrected chi connectivity index (χ0v) is 17.5. The van der Waals surface area contributed by atoms with E-state index in [1.54, 1.807) is 0 Å². The van der Waals surface area contributed by atoms with Crippen molar-refractivity contribution < 1.29 is 14.3 Å². The highest BCUT2D eigenvalue weighted by Crippen LogP contribution is 2.16. The van der Waals surface area contributed by atoms with Gasteiger partial charge in [0.25, 0.3) is 0 Å². The molecule has 0 radical (unpaired) electrons. The van der Waals surface area contributed by atoms with Gasteiger partial charge < -0.3 is 9.64 Å². The second-order valence-electron chi connectivity index (χ2n) is 7.37. The maximum atomic E-state index is 12.0. The molecule has 0 bridgehead atoms. The second kappa shape index (κ2) is 11.2. The normalized spacial score (nSPS) is 14.2. The van der Waals surface area contributed by atoms with Crippen LogP contribution in [0.4, 0.5) is 5.69 Å². The Balaban J connectivity index is 1.26. The SMILES string of the molecule is Cc1ccccc1OCCC(=O)NNC(=O)CCN1CCN(c2ccccc2)CC1. The minimum atomic E-state index is -0.270. The van der Waals surface area contributed by atoms with Crippen LogP contribution in [0.5, 0.6) is 5.75 Å². The molecule has 1 fully saturated rings. The van der Waals surface area contributed by atoms with E-state index >= 15 is 0 Å². The van der Waals surface area contributed by atoms with Crippen molar-refractivity contribution >= 4 is 17.5 Å². The molecule has 7 heteroatoms. The van der Waals surface area contributed by atoms with Crippen LogP contribution >= 0.6 is 0 Å². The van der Waals surface area contributed by atoms with Crippen molar-refractivity contribution in [2.75, 3.05) is 44.2 Å². The molecule has 30 heavy (non-hydrogen) atoms. The van der Waals surface area contributed by atoms with E-state index in [2.05, 4.69) is 44.9 Å². The fraction of sp³-hybridized carbons (Fsp3) is 0.391. The number of hydrazine groups is 1. The molecule has 0 saturated carbocycles. The Kier molecular flexibility index (Phi) is 8.09. The van der Waals surface area contributed by atoms with Crippen LogP contribution in [0.2, 0.25) is 0 Å². The zero-order valence-electron chi connectivity index (χ0n) is 17.5. The molecule has 0 spiro atoms. The van der Waals surface area contributed by atoms with E-state index < -0.39 is 0 Å². The molecule has 7 nitrogen and oxygen atoms in total. The molecular formula is C23H30N4O3. The van der Waals surface area contributed by atoms with Gasteiger partial charge >= 0.3 is 0 Å². The number of aryl methyl sites for hydroxylation is 1. The highest BCUT2D eigenvalue weighted by Gasteiger charge is 2.17. The topological polar surface area (TPSA) is 73.9 Å². The van der Waals surface area contributed by atoms with Crippen LogP contribution in [0.3, 0.4) is 0 Å². The number of carbonyl (C=O) groups excluding carboxylic acids is 2. The van der Waals surface area contributed by atoms with Gasteiger partial charge in [0.15, 0.2) is 0 Å². The standard InChI is InChI=1S/C23H30N4O3/c1-19-7-5-6-10-21(19)30-18-12-23(29)25-24-22(28)11-13-26-14-16-27(17-15-26)20-8-3-2-4-9-20/h2-10H,11-18H2,1H3,(H,24,28)(H,25,29). The first-order valence-electron chi connectivity index (χ1n) is 10.4. The number of ether oxygens (including phenoxy) is 1. The summed E-state index contributed by atoms with van der Waals surface area (Å²) < 4.78 is 5.60. The number of benzene rings is 2. The third-order valence-electron chi connectivity index (χ3n) is 5.17. The summed E-state index contributed by atoms with van der Waals surface area (Å²) in [6, 6.07) is 18.0. The first kappa shape index (κ1) is 21.6. The maximum absolute atomic E-state index is 12.0. The van der Waals surface area contributed by atoms with E-state index in [1.807, 2.05) is 37.3 Å². The molecule has 0 unspecified atom stereocenters. The van der Waals surface area contributed by atoms with Crippen LogP contribution in [0, 0.1) is 6.92 Å². The lowest BCUT2D eigenvalue weighted by atomic mass is 10.2. The van der Waals surface area contributed by atoms with Gasteiger partial charge in [-0.05, 0) is 30.7 Å². The van der Waals surface area contributed by atoms with E-state index in [4.69, 9.17) is 4.74 Å². The van der Waals surface area contributed by atoms with Crippen LogP contribution in [-0.4, -0.2) is 56.0 Å². The molecule has 2 aromatic carbocycles. The van der Waals surface area contributed by atoms with Crippen LogP contribution in [0.15, 0.2) is 54.6 Å². The summed E-state index contributed by atoms with van der Waals surface area (Å²) in [4.78, 5) is 28.5. The minimum absolute atomic E-state index is 0.177. The largest absolute Gasteiger partial charge is 0.493 e. The number of nitrogens with one attached hydrogen (secondary N) is 2. The highest BCUT2D eigenvalue weighted by atomic mass is 16.5. The molecule has 1 aliphatic rings. The summed E-state index contributed by atoms with van der Waals surface area (Å²) >= 11 is 0. The van der Waals surface area contributed by atoms with Gasteiger partial charge in [0.2, 0.25) is 11.8 Å². The number of rotatable bonds is 8. The van der Waals surface area contributed by atoms with Gasteiger partial charge in [0.1, 0.15) is 5.75 Å². The van der Waals surface area contributed by atoms with E-state index in [-0.39, 0.29) is 24.8 Å². The third kappa shape index (κ3) is 6.77. The van der Waals surface area contributed by atoms with Gasteiger partial charge in [-0.2, -0.15) is 0 Å². The fourth-order valence-corrected chi connectivity index (χ4v) is 3.36. The molecular weight excluding hydrogens is 380 g/mol. The van der Waals surface area contributed by atoms with Crippen molar-refractivity contribution in [2.45, 2.75) is 19.8 Å². The predicted molar refractivity (Wildman–Crippen MR) is 117 cm³/mol. The number of hydrogen-bond acceptors (Lipinski definition) is 5. The molecule has 2 aromatic rings. The summed E-state index contributed by atoms with van der Waals surface area (Å²) in [5, 5.41) is 0. The molecule has 0 aliphatic carbocycles. The smallest absolute Gasteiger partial charge is 0.241 e. The molecule has 1 heterocycles. The molecule has 0 atom stereocenters. The van der Waals surface area contributed by atoms with Crippen LogP contribution in [0.1, 0.15) is 18.4 Å². The van der Waals surface area contributed by atoms with Crippen molar-refractivity contribution in [1.82, 2.24) is 15.8 Å². The Morgan fingerprint density at radius 2 is 1.50 bits per heavy atom. The lowest BCUT2D eigenvalue weighted by molar-refractivity contribution is -0.129. The van der Waals surface area contributed by atoms with Gasteiger partial charge in [0.05, 0.1) is 13.0 Å². The van der Waals surface area contributed by atoms with E-state index in [0.29, 0.717) is 13.0 Å². The second-order valence-corrected chi connectivity index (χ2v) is 7.37. The highest BCUT2D eigenvalue weighted by molar-refractivity contribution is 5.82. The van der Waals surface area contributed by atoms with Gasteiger partial charge in [0, 0.05) is 44.8 Å². The first-order chi connectivity index (χ1) is 14.6. The third-order valence-corrected chi connectivity index (χ3v) is 5.17. The van der Waals surface area contributed by atoms with Gasteiger partial charge in [-0.3, -0.25) is 25.3 Å². The quantitative estimate of drug-likeness (QED) is 0.652. The Morgan fingerprint density at radius 3 is 2.20 bits per heavy atom. The number of amides is 2. The molecule has 160 valence electrons. The number of anilines is 1. The van der Waals surface area contributed by atoms with Crippen molar-refractivity contribution in [1.29, 1.82) is 0 Å². The van der Waals surface area contributed by atoms with Crippen molar-refractivity contribution in [3.8, 4) is 5.75 Å². The predicted octanol–water partition coefficient (Wildman–Crippen LogP) is 2.12. The van der Waals surface area contributed by atoms with Crippen molar-refractivity contribution in [3.05, 3.63) is 60.2 Å².